The number of methoxy groups -OCH3 is 1. The van der Waals surface area contributed by atoms with Crippen LogP contribution in [0.1, 0.15) is 57.9 Å². The monoisotopic (exact) mass is 597 g/mol. The molecule has 5 atom stereocenters. The lowest BCUT2D eigenvalue weighted by Gasteiger charge is -2.29. The molecule has 4 heterocycles. The van der Waals surface area contributed by atoms with Gasteiger partial charge in [-0.25, -0.2) is 8.78 Å². The van der Waals surface area contributed by atoms with E-state index in [1.54, 1.807) is 27.0 Å². The zero-order valence-corrected chi connectivity index (χ0v) is 25.0. The minimum absolute atomic E-state index is 0.00635. The van der Waals surface area contributed by atoms with Crippen LogP contribution in [0.3, 0.4) is 0 Å². The number of ether oxygens (including phenoxy) is 3. The average molecular weight is 598 g/mol. The topological polar surface area (TPSA) is 131 Å². The summed E-state index contributed by atoms with van der Waals surface area (Å²) in [5.41, 5.74) is -1.47. The number of nitriles is 1. The Labute approximate surface area is 249 Å². The van der Waals surface area contributed by atoms with Crippen molar-refractivity contribution in [3.05, 3.63) is 47.4 Å². The molecule has 43 heavy (non-hydrogen) atoms. The first-order valence-corrected chi connectivity index (χ1v) is 14.4. The van der Waals surface area contributed by atoms with E-state index in [-0.39, 0.29) is 65.3 Å². The predicted octanol–water partition coefficient (Wildman–Crippen LogP) is 4.03. The Morgan fingerprint density at radius 1 is 1.14 bits per heavy atom. The molecule has 2 saturated heterocycles. The molecular weight excluding hydrogens is 560 g/mol. The van der Waals surface area contributed by atoms with Crippen LogP contribution >= 0.6 is 0 Å². The van der Waals surface area contributed by atoms with Crippen LogP contribution < -0.4 is 14.8 Å². The molecule has 1 aromatic carbocycles. The van der Waals surface area contributed by atoms with Gasteiger partial charge in [0.05, 0.1) is 30.1 Å². The van der Waals surface area contributed by atoms with Gasteiger partial charge in [-0.3, -0.25) is 4.90 Å². The van der Waals surface area contributed by atoms with Crippen LogP contribution in [0.25, 0.3) is 11.6 Å². The Morgan fingerprint density at radius 3 is 2.58 bits per heavy atom. The van der Waals surface area contributed by atoms with Gasteiger partial charge in [0.2, 0.25) is 29.3 Å². The van der Waals surface area contributed by atoms with Crippen molar-refractivity contribution >= 4 is 0 Å². The number of likely N-dealkylation sites (tertiary alicyclic amines) is 1. The largest absolute Gasteiger partial charge is 0.474 e. The molecule has 1 N–H and O–H groups in total. The van der Waals surface area contributed by atoms with Crippen molar-refractivity contribution in [1.82, 2.24) is 30.3 Å². The first-order chi connectivity index (χ1) is 20.6. The fourth-order valence-corrected chi connectivity index (χ4v) is 5.88. The first-order valence-electron chi connectivity index (χ1n) is 14.4. The van der Waals surface area contributed by atoms with Crippen molar-refractivity contribution in [3.63, 3.8) is 0 Å². The number of rotatable bonds is 10. The van der Waals surface area contributed by atoms with Crippen LogP contribution in [0, 0.1) is 23.0 Å². The molecule has 11 nitrogen and oxygen atoms in total. The van der Waals surface area contributed by atoms with Gasteiger partial charge in [-0.15, -0.1) is 0 Å². The second kappa shape index (κ2) is 12.9. The highest BCUT2D eigenvalue weighted by molar-refractivity contribution is 5.46. The van der Waals surface area contributed by atoms with Crippen LogP contribution in [0.15, 0.2) is 28.8 Å². The van der Waals surface area contributed by atoms with E-state index in [0.29, 0.717) is 19.4 Å². The Hall–Kier alpha value is -3.73. The third-order valence-corrected chi connectivity index (χ3v) is 8.24. The molecule has 5 rings (SSSR count). The highest BCUT2D eigenvalue weighted by atomic mass is 19.1. The van der Waals surface area contributed by atoms with Crippen LogP contribution in [-0.2, 0) is 10.2 Å². The summed E-state index contributed by atoms with van der Waals surface area (Å²) in [4.78, 5) is 15.8. The quantitative estimate of drug-likeness (QED) is 0.363. The molecule has 0 spiro atoms. The molecule has 0 saturated carbocycles. The van der Waals surface area contributed by atoms with Gasteiger partial charge in [0.25, 0.3) is 0 Å². The summed E-state index contributed by atoms with van der Waals surface area (Å²) in [6.45, 7) is 6.67. The molecule has 230 valence electrons. The molecule has 0 radical (unpaired) electrons. The van der Waals surface area contributed by atoms with E-state index < -0.39 is 17.0 Å². The highest BCUT2D eigenvalue weighted by Crippen LogP contribution is 2.35. The molecule has 0 amide bonds. The molecule has 0 bridgehead atoms. The van der Waals surface area contributed by atoms with Crippen molar-refractivity contribution in [1.29, 1.82) is 5.26 Å². The Balaban J connectivity index is 1.45. The van der Waals surface area contributed by atoms with E-state index in [4.69, 9.17) is 24.0 Å². The fraction of sp³-hybridized carbons (Fsp3) is 0.567. The number of hydrogen-bond donors (Lipinski definition) is 1. The van der Waals surface area contributed by atoms with Gasteiger partial charge in [0.15, 0.2) is 0 Å². The van der Waals surface area contributed by atoms with E-state index in [2.05, 4.69) is 36.4 Å². The second-order valence-corrected chi connectivity index (χ2v) is 11.7. The lowest BCUT2D eigenvalue weighted by molar-refractivity contribution is 0.107. The molecule has 2 aliphatic rings. The van der Waals surface area contributed by atoms with Crippen LogP contribution in [-0.4, -0.2) is 82.7 Å². The first kappa shape index (κ1) is 30.7. The minimum Gasteiger partial charge on any atom is -0.474 e. The number of nitrogens with one attached hydrogen (secondary N) is 1. The lowest BCUT2D eigenvalue weighted by atomic mass is 9.83. The summed E-state index contributed by atoms with van der Waals surface area (Å²) >= 11 is 0. The summed E-state index contributed by atoms with van der Waals surface area (Å²) in [5, 5.41) is 16.5. The summed E-state index contributed by atoms with van der Waals surface area (Å²) in [7, 11) is 3.73. The maximum Gasteiger partial charge on any atom is 0.240 e. The van der Waals surface area contributed by atoms with E-state index in [9.17, 15) is 8.78 Å². The van der Waals surface area contributed by atoms with Gasteiger partial charge < -0.3 is 24.1 Å². The van der Waals surface area contributed by atoms with Crippen molar-refractivity contribution in [3.8, 4) is 29.5 Å². The maximum atomic E-state index is 14.7. The predicted molar refractivity (Wildman–Crippen MR) is 151 cm³/mol. The van der Waals surface area contributed by atoms with Gasteiger partial charge in [-0.1, -0.05) is 11.2 Å². The smallest absolute Gasteiger partial charge is 0.240 e. The third kappa shape index (κ3) is 6.76. The summed E-state index contributed by atoms with van der Waals surface area (Å²) in [6, 6.07) is 7.62. The van der Waals surface area contributed by atoms with Crippen molar-refractivity contribution in [2.75, 3.05) is 27.2 Å². The molecule has 3 aromatic rings. The van der Waals surface area contributed by atoms with Crippen molar-refractivity contribution in [2.45, 2.75) is 82.3 Å². The van der Waals surface area contributed by atoms with Gasteiger partial charge in [0, 0.05) is 37.7 Å². The third-order valence-electron chi connectivity index (χ3n) is 8.24. The van der Waals surface area contributed by atoms with Crippen LogP contribution in [0.4, 0.5) is 8.78 Å². The molecule has 2 aromatic heterocycles. The van der Waals surface area contributed by atoms with Crippen LogP contribution in [0.2, 0.25) is 0 Å². The number of nitrogens with zero attached hydrogens (tertiary/aromatic N) is 6. The molecule has 13 heteroatoms. The fourth-order valence-electron chi connectivity index (χ4n) is 5.88. The normalized spacial score (nSPS) is 23.6. The minimum atomic E-state index is -1.28. The lowest BCUT2D eigenvalue weighted by Crippen LogP contribution is -2.42. The molecule has 2 aliphatic heterocycles. The average Bonchev–Trinajstić information content (AvgIpc) is 3.61. The molecule has 0 aliphatic carbocycles. The van der Waals surface area contributed by atoms with Crippen molar-refractivity contribution in [2.24, 2.45) is 0 Å². The number of halogens is 2. The maximum absolute atomic E-state index is 14.7. The van der Waals surface area contributed by atoms with E-state index in [0.717, 1.165) is 19.4 Å². The summed E-state index contributed by atoms with van der Waals surface area (Å²) in [5.74, 6) is -0.821. The Bertz CT molecular complexity index is 1440. The number of likely N-dealkylation sites (N-methyl/N-ethyl adjacent to an activating group) is 1. The number of benzene rings is 1. The molecule has 0 unspecified atom stereocenters. The summed E-state index contributed by atoms with van der Waals surface area (Å²) < 4.78 is 53.0. The van der Waals surface area contributed by atoms with Gasteiger partial charge in [-0.2, -0.15) is 20.2 Å². The number of aromatic nitrogens is 4. The number of hydrogen-bond acceptors (Lipinski definition) is 11. The zero-order chi connectivity index (χ0) is 30.7. The molecular formula is C30H37F2N7O4. The van der Waals surface area contributed by atoms with Gasteiger partial charge in [-0.05, 0) is 59.3 Å². The van der Waals surface area contributed by atoms with Crippen molar-refractivity contribution < 1.29 is 27.5 Å². The van der Waals surface area contributed by atoms with Crippen LogP contribution in [0.5, 0.6) is 11.8 Å². The highest BCUT2D eigenvalue weighted by Gasteiger charge is 2.37. The molecule has 2 fully saturated rings. The standard InChI is InChI=1S/C30H37F2N7O4/c1-17(23-14-20(40-5)16-39(23)4)41-24-15-25(42-19-10-12-34-18(13-19)9-11-33)36-27(35-24)28-37-29(43-38-28)30(2,3)26-21(31)7-6-8-22(26)32/h6-8,15,17-20,23,34H,9-10,12-14,16H2,1-5H3/t17-,18+,19-,20+,23-/m0/s1. The SMILES string of the molecule is CO[C@@H]1C[C@@H]([C@H](C)Oc2cc(O[C@H]3CCN[C@H](CC#N)C3)nc(-c3noc(C(C)(C)c4c(F)cccc4F)n3)n2)N(C)C1. The van der Waals surface area contributed by atoms with Gasteiger partial charge in [0.1, 0.15) is 23.8 Å². The van der Waals surface area contributed by atoms with E-state index in [1.807, 2.05) is 14.0 Å². The second-order valence-electron chi connectivity index (χ2n) is 11.7. The van der Waals surface area contributed by atoms with E-state index >= 15 is 0 Å². The van der Waals surface area contributed by atoms with Gasteiger partial charge >= 0.3 is 0 Å². The Morgan fingerprint density at radius 2 is 1.88 bits per heavy atom. The Kier molecular flexibility index (Phi) is 9.19. The van der Waals surface area contributed by atoms with E-state index in [1.165, 1.54) is 18.2 Å². The zero-order valence-electron chi connectivity index (χ0n) is 25.0. The summed E-state index contributed by atoms with van der Waals surface area (Å²) in [6.07, 6.45) is 2.24. The number of piperidine rings is 1.